The average Bonchev–Trinajstić information content (AvgIpc) is 3.09. The highest BCUT2D eigenvalue weighted by Crippen LogP contribution is 2.21. The van der Waals surface area contributed by atoms with Gasteiger partial charge in [0.15, 0.2) is 5.65 Å². The Morgan fingerprint density at radius 1 is 1.24 bits per heavy atom. The summed E-state index contributed by atoms with van der Waals surface area (Å²) in [6.45, 7) is 2.78. The van der Waals surface area contributed by atoms with E-state index >= 15 is 0 Å². The molecule has 21 heavy (non-hydrogen) atoms. The van der Waals surface area contributed by atoms with E-state index in [0.29, 0.717) is 12.4 Å². The van der Waals surface area contributed by atoms with Crippen LogP contribution in [0, 0.1) is 0 Å². The van der Waals surface area contributed by atoms with E-state index < -0.39 is 0 Å². The summed E-state index contributed by atoms with van der Waals surface area (Å²) in [4.78, 5) is 4.76. The van der Waals surface area contributed by atoms with Crippen molar-refractivity contribution in [2.45, 2.75) is 26.3 Å². The summed E-state index contributed by atoms with van der Waals surface area (Å²) in [7, 11) is 3.88. The summed E-state index contributed by atoms with van der Waals surface area (Å²) >= 11 is 5.93. The third-order valence-electron chi connectivity index (χ3n) is 3.61. The second-order valence-corrected chi connectivity index (χ2v) is 5.51. The van der Waals surface area contributed by atoms with E-state index in [1.54, 1.807) is 0 Å². The highest BCUT2D eigenvalue weighted by atomic mass is 35.5. The van der Waals surface area contributed by atoms with Crippen LogP contribution >= 0.6 is 11.6 Å². The summed E-state index contributed by atoms with van der Waals surface area (Å²) in [5.74, 6) is 1.55. The zero-order chi connectivity index (χ0) is 15.0. The maximum Gasteiger partial charge on any atom is 0.159 e. The molecular formula is C14H19ClN6. The van der Waals surface area contributed by atoms with Crippen LogP contribution in [0.5, 0.6) is 0 Å². The summed E-state index contributed by atoms with van der Waals surface area (Å²) in [6, 6.07) is 2.02. The molecule has 3 heterocycles. The van der Waals surface area contributed by atoms with Crippen LogP contribution in [0.25, 0.3) is 11.2 Å². The topological polar surface area (TPSA) is 53.5 Å². The number of rotatable bonds is 5. The quantitative estimate of drug-likeness (QED) is 0.677. The molecule has 3 aromatic heterocycles. The molecule has 0 aliphatic rings. The maximum atomic E-state index is 5.93. The van der Waals surface area contributed by atoms with Gasteiger partial charge in [-0.1, -0.05) is 6.92 Å². The Kier molecular flexibility index (Phi) is 3.71. The molecule has 3 aromatic rings. The minimum atomic E-state index is 0.556. The molecule has 0 aromatic carbocycles. The minimum Gasteiger partial charge on any atom is -0.307 e. The SMILES string of the molecule is CCc1nn(C)c2c1nc(CCCl)n2Cc1ccn(C)n1. The first-order chi connectivity index (χ1) is 10.1. The van der Waals surface area contributed by atoms with Crippen LogP contribution in [-0.4, -0.2) is 35.0 Å². The van der Waals surface area contributed by atoms with E-state index in [-0.39, 0.29) is 0 Å². The number of imidazole rings is 1. The predicted octanol–water partition coefficient (Wildman–Crippen LogP) is 1.90. The van der Waals surface area contributed by atoms with E-state index in [1.165, 1.54) is 0 Å². The fourth-order valence-corrected chi connectivity index (χ4v) is 2.85. The molecule has 0 fully saturated rings. The van der Waals surface area contributed by atoms with Gasteiger partial charge in [0.2, 0.25) is 0 Å². The van der Waals surface area contributed by atoms with Gasteiger partial charge in [0, 0.05) is 32.6 Å². The monoisotopic (exact) mass is 306 g/mol. The summed E-state index contributed by atoms with van der Waals surface area (Å²) in [5.41, 5.74) is 4.06. The van der Waals surface area contributed by atoms with Crippen molar-refractivity contribution in [1.82, 2.24) is 29.1 Å². The molecular weight excluding hydrogens is 288 g/mol. The molecule has 0 aliphatic heterocycles. The van der Waals surface area contributed by atoms with Crippen molar-refractivity contribution in [1.29, 1.82) is 0 Å². The molecule has 0 spiro atoms. The Labute approximate surface area is 128 Å². The zero-order valence-electron chi connectivity index (χ0n) is 12.5. The lowest BCUT2D eigenvalue weighted by Gasteiger charge is -2.07. The van der Waals surface area contributed by atoms with Crippen LogP contribution in [0.1, 0.15) is 24.1 Å². The van der Waals surface area contributed by atoms with Crippen molar-refractivity contribution in [3.8, 4) is 0 Å². The molecule has 0 aliphatic carbocycles. The first-order valence-corrected chi connectivity index (χ1v) is 7.63. The van der Waals surface area contributed by atoms with Crippen LogP contribution in [0.15, 0.2) is 12.3 Å². The van der Waals surface area contributed by atoms with Gasteiger partial charge in [0.05, 0.1) is 17.9 Å². The summed E-state index contributed by atoms with van der Waals surface area (Å²) in [5, 5.41) is 9.01. The Morgan fingerprint density at radius 2 is 2.05 bits per heavy atom. The predicted molar refractivity (Wildman–Crippen MR) is 82.6 cm³/mol. The van der Waals surface area contributed by atoms with E-state index in [4.69, 9.17) is 16.6 Å². The molecule has 6 nitrogen and oxygen atoms in total. The number of aryl methyl sites for hydroxylation is 4. The number of halogens is 1. The van der Waals surface area contributed by atoms with Gasteiger partial charge < -0.3 is 4.57 Å². The van der Waals surface area contributed by atoms with Crippen molar-refractivity contribution < 1.29 is 0 Å². The van der Waals surface area contributed by atoms with Crippen molar-refractivity contribution in [3.05, 3.63) is 29.5 Å². The lowest BCUT2D eigenvalue weighted by molar-refractivity contribution is 0.663. The first kappa shape index (κ1) is 14.1. The van der Waals surface area contributed by atoms with Crippen LogP contribution < -0.4 is 0 Å². The second kappa shape index (κ2) is 5.52. The fourth-order valence-electron chi connectivity index (χ4n) is 2.68. The van der Waals surface area contributed by atoms with Crippen molar-refractivity contribution >= 4 is 22.8 Å². The Morgan fingerprint density at radius 3 is 2.67 bits per heavy atom. The molecule has 0 saturated heterocycles. The van der Waals surface area contributed by atoms with Gasteiger partial charge in [-0.05, 0) is 12.5 Å². The van der Waals surface area contributed by atoms with Crippen LogP contribution in [-0.2, 0) is 33.5 Å². The largest absolute Gasteiger partial charge is 0.307 e. The highest BCUT2D eigenvalue weighted by Gasteiger charge is 2.18. The van der Waals surface area contributed by atoms with E-state index in [9.17, 15) is 0 Å². The molecule has 0 unspecified atom stereocenters. The van der Waals surface area contributed by atoms with E-state index in [2.05, 4.69) is 21.7 Å². The number of fused-ring (bicyclic) bond motifs is 1. The molecule has 0 N–H and O–H groups in total. The van der Waals surface area contributed by atoms with Crippen molar-refractivity contribution in [2.75, 3.05) is 5.88 Å². The fraction of sp³-hybridized carbons (Fsp3) is 0.500. The van der Waals surface area contributed by atoms with Crippen LogP contribution in [0.3, 0.4) is 0 Å². The van der Waals surface area contributed by atoms with Crippen molar-refractivity contribution in [2.24, 2.45) is 14.1 Å². The molecule has 3 rings (SSSR count). The molecule has 0 bridgehead atoms. The minimum absolute atomic E-state index is 0.556. The number of alkyl halides is 1. The van der Waals surface area contributed by atoms with Gasteiger partial charge in [0.25, 0.3) is 0 Å². The van der Waals surface area contributed by atoms with Gasteiger partial charge in [-0.3, -0.25) is 9.36 Å². The Balaban J connectivity index is 2.13. The van der Waals surface area contributed by atoms with Gasteiger partial charge in [-0.25, -0.2) is 4.98 Å². The van der Waals surface area contributed by atoms with E-state index in [0.717, 1.165) is 41.2 Å². The van der Waals surface area contributed by atoms with Crippen LogP contribution in [0.4, 0.5) is 0 Å². The third-order valence-corrected chi connectivity index (χ3v) is 3.80. The maximum absolute atomic E-state index is 5.93. The number of aromatic nitrogens is 6. The normalized spacial score (nSPS) is 11.6. The lowest BCUT2D eigenvalue weighted by Crippen LogP contribution is -2.10. The standard InChI is InChI=1S/C14H19ClN6/c1-4-11-13-14(20(3)18-11)21(12(16-13)5-7-15)9-10-6-8-19(2)17-10/h6,8H,4-5,7,9H2,1-3H3. The molecule has 0 radical (unpaired) electrons. The smallest absolute Gasteiger partial charge is 0.159 e. The second-order valence-electron chi connectivity index (χ2n) is 5.13. The average molecular weight is 307 g/mol. The number of nitrogens with zero attached hydrogens (tertiary/aromatic N) is 6. The molecule has 0 atom stereocenters. The van der Waals surface area contributed by atoms with Gasteiger partial charge in [-0.2, -0.15) is 10.2 Å². The molecule has 7 heteroatoms. The van der Waals surface area contributed by atoms with E-state index in [1.807, 2.05) is 35.7 Å². The van der Waals surface area contributed by atoms with Gasteiger partial charge >= 0.3 is 0 Å². The summed E-state index contributed by atoms with van der Waals surface area (Å²) < 4.78 is 5.89. The van der Waals surface area contributed by atoms with Gasteiger partial charge in [-0.15, -0.1) is 11.6 Å². The highest BCUT2D eigenvalue weighted by molar-refractivity contribution is 6.17. The van der Waals surface area contributed by atoms with Crippen molar-refractivity contribution in [3.63, 3.8) is 0 Å². The zero-order valence-corrected chi connectivity index (χ0v) is 13.3. The number of hydrogen-bond acceptors (Lipinski definition) is 3. The first-order valence-electron chi connectivity index (χ1n) is 7.09. The van der Waals surface area contributed by atoms with Gasteiger partial charge in [0.1, 0.15) is 11.3 Å². The molecule has 0 saturated carbocycles. The molecule has 0 amide bonds. The lowest BCUT2D eigenvalue weighted by atomic mass is 10.3. The molecule has 112 valence electrons. The van der Waals surface area contributed by atoms with Crippen LogP contribution in [0.2, 0.25) is 0 Å². The number of hydrogen-bond donors (Lipinski definition) is 0. The Hall–Kier alpha value is -1.82. The Bertz CT molecular complexity index is 766. The summed E-state index contributed by atoms with van der Waals surface area (Å²) in [6.07, 6.45) is 3.57. The third kappa shape index (κ3) is 2.44.